The zero-order chi connectivity index (χ0) is 7.84. The second-order valence-corrected chi connectivity index (χ2v) is 3.89. The summed E-state index contributed by atoms with van der Waals surface area (Å²) in [5.41, 5.74) is 0. The Bertz CT molecular complexity index is 186. The molecule has 2 fully saturated rings. The molecule has 0 aromatic rings. The molecule has 2 heteroatoms. The monoisotopic (exact) mass is 152 g/mol. The number of piperidine rings is 1. The van der Waals surface area contributed by atoms with E-state index in [0.29, 0.717) is 0 Å². The van der Waals surface area contributed by atoms with E-state index in [0.717, 1.165) is 17.8 Å². The first kappa shape index (κ1) is 7.14. The van der Waals surface area contributed by atoms with E-state index in [4.69, 9.17) is 0 Å². The van der Waals surface area contributed by atoms with E-state index in [-0.39, 0.29) is 0 Å². The van der Waals surface area contributed by atoms with Crippen LogP contribution in [0.3, 0.4) is 0 Å². The normalized spacial score (nSPS) is 46.0. The summed E-state index contributed by atoms with van der Waals surface area (Å²) in [5, 5.41) is 3.38. The summed E-state index contributed by atoms with van der Waals surface area (Å²) in [4.78, 5) is 4.20. The van der Waals surface area contributed by atoms with Crippen LogP contribution in [0.15, 0.2) is 4.99 Å². The molecule has 11 heavy (non-hydrogen) atoms. The number of hydrogen-bond donors (Lipinski definition) is 1. The molecule has 1 aliphatic heterocycles. The minimum Gasteiger partial charge on any atom is -0.374 e. The van der Waals surface area contributed by atoms with Gasteiger partial charge in [-0.05, 0) is 24.2 Å². The highest BCUT2D eigenvalue weighted by Crippen LogP contribution is 2.43. The van der Waals surface area contributed by atoms with Crippen LogP contribution in [0.2, 0.25) is 0 Å². The smallest absolute Gasteiger partial charge is 0.0962 e. The molecule has 0 radical (unpaired) electrons. The van der Waals surface area contributed by atoms with Gasteiger partial charge in [0, 0.05) is 20.0 Å². The summed E-state index contributed by atoms with van der Waals surface area (Å²) in [5.74, 6) is 4.06. The number of aliphatic imine (C=N–C) groups is 1. The van der Waals surface area contributed by atoms with Crippen molar-refractivity contribution in [2.45, 2.75) is 19.8 Å². The molecule has 3 unspecified atom stereocenters. The topological polar surface area (TPSA) is 24.4 Å². The summed E-state index contributed by atoms with van der Waals surface area (Å²) in [6.45, 7) is 3.52. The Morgan fingerprint density at radius 3 is 2.91 bits per heavy atom. The van der Waals surface area contributed by atoms with E-state index >= 15 is 0 Å². The Labute approximate surface area is 68.1 Å². The van der Waals surface area contributed by atoms with Gasteiger partial charge in [0.25, 0.3) is 0 Å². The van der Waals surface area contributed by atoms with Gasteiger partial charge in [0.15, 0.2) is 0 Å². The predicted octanol–water partition coefficient (Wildman–Crippen LogP) is 1.28. The number of fused-ring (bicyclic) bond motifs is 1. The molecule has 2 aliphatic rings. The Morgan fingerprint density at radius 1 is 1.55 bits per heavy atom. The van der Waals surface area contributed by atoms with Gasteiger partial charge in [-0.15, -0.1) is 0 Å². The van der Waals surface area contributed by atoms with Gasteiger partial charge in [0.2, 0.25) is 0 Å². The lowest BCUT2D eigenvalue weighted by atomic mass is 9.63. The Morgan fingerprint density at radius 2 is 2.36 bits per heavy atom. The zero-order valence-corrected chi connectivity index (χ0v) is 7.30. The number of rotatable bonds is 0. The van der Waals surface area contributed by atoms with Crippen LogP contribution < -0.4 is 5.32 Å². The molecule has 0 aromatic carbocycles. The van der Waals surface area contributed by atoms with Gasteiger partial charge in [-0.1, -0.05) is 6.92 Å². The lowest BCUT2D eigenvalue weighted by Crippen LogP contribution is -2.50. The van der Waals surface area contributed by atoms with Crippen molar-refractivity contribution >= 4 is 5.84 Å². The minimum atomic E-state index is 0.945. The van der Waals surface area contributed by atoms with Crippen molar-refractivity contribution in [3.05, 3.63) is 0 Å². The fourth-order valence-corrected chi connectivity index (χ4v) is 2.42. The van der Waals surface area contributed by atoms with Crippen LogP contribution in [0.25, 0.3) is 0 Å². The molecule has 0 amide bonds. The first-order valence-corrected chi connectivity index (χ1v) is 4.50. The van der Waals surface area contributed by atoms with Gasteiger partial charge in [-0.25, -0.2) is 0 Å². The van der Waals surface area contributed by atoms with Crippen LogP contribution in [0.1, 0.15) is 19.8 Å². The number of nitrogens with zero attached hydrogens (tertiary/aromatic N) is 1. The Balaban J connectivity index is 1.98. The zero-order valence-electron chi connectivity index (χ0n) is 7.30. The molecule has 0 bridgehead atoms. The summed E-state index contributed by atoms with van der Waals surface area (Å²) in [7, 11) is 1.88. The fourth-order valence-electron chi connectivity index (χ4n) is 2.42. The highest BCUT2D eigenvalue weighted by atomic mass is 15.0. The summed E-state index contributed by atoms with van der Waals surface area (Å²) >= 11 is 0. The van der Waals surface area contributed by atoms with Crippen LogP contribution in [-0.4, -0.2) is 19.4 Å². The Kier molecular flexibility index (Phi) is 1.63. The highest BCUT2D eigenvalue weighted by Gasteiger charge is 2.40. The number of hydrogen-bond acceptors (Lipinski definition) is 1. The van der Waals surface area contributed by atoms with E-state index in [1.807, 2.05) is 7.05 Å². The number of nitrogens with one attached hydrogen (secondary N) is 1. The molecule has 1 N–H and O–H groups in total. The van der Waals surface area contributed by atoms with Crippen molar-refractivity contribution in [2.24, 2.45) is 22.7 Å². The molecule has 1 saturated carbocycles. The quantitative estimate of drug-likeness (QED) is 0.555. The van der Waals surface area contributed by atoms with E-state index in [1.165, 1.54) is 25.2 Å². The second kappa shape index (κ2) is 2.50. The summed E-state index contributed by atoms with van der Waals surface area (Å²) < 4.78 is 0. The molecule has 0 spiro atoms. The first-order valence-electron chi connectivity index (χ1n) is 4.50. The second-order valence-electron chi connectivity index (χ2n) is 3.89. The van der Waals surface area contributed by atoms with Crippen molar-refractivity contribution in [2.75, 3.05) is 13.6 Å². The predicted molar refractivity (Wildman–Crippen MR) is 46.7 cm³/mol. The average Bonchev–Trinajstić information content (AvgIpc) is 2.02. The lowest BCUT2D eigenvalue weighted by Gasteiger charge is -2.47. The van der Waals surface area contributed by atoms with Crippen LogP contribution in [0.4, 0.5) is 0 Å². The maximum atomic E-state index is 4.20. The number of amidine groups is 1. The van der Waals surface area contributed by atoms with Gasteiger partial charge in [-0.3, -0.25) is 4.99 Å². The minimum absolute atomic E-state index is 0.945. The third-order valence-corrected chi connectivity index (χ3v) is 3.28. The lowest BCUT2D eigenvalue weighted by molar-refractivity contribution is 0.0830. The van der Waals surface area contributed by atoms with Gasteiger partial charge >= 0.3 is 0 Å². The van der Waals surface area contributed by atoms with E-state index in [9.17, 15) is 0 Å². The van der Waals surface area contributed by atoms with Crippen LogP contribution in [-0.2, 0) is 0 Å². The third kappa shape index (κ3) is 1.05. The van der Waals surface area contributed by atoms with Crippen LogP contribution in [0.5, 0.6) is 0 Å². The third-order valence-electron chi connectivity index (χ3n) is 3.28. The molecular weight excluding hydrogens is 136 g/mol. The maximum Gasteiger partial charge on any atom is 0.0962 e. The van der Waals surface area contributed by atoms with Crippen LogP contribution in [0, 0.1) is 17.8 Å². The molecule has 2 rings (SSSR count). The molecule has 1 saturated heterocycles. The summed E-state index contributed by atoms with van der Waals surface area (Å²) in [6.07, 6.45) is 2.62. The van der Waals surface area contributed by atoms with Gasteiger partial charge in [0.1, 0.15) is 0 Å². The van der Waals surface area contributed by atoms with E-state index in [1.54, 1.807) is 0 Å². The fraction of sp³-hybridized carbons (Fsp3) is 0.889. The highest BCUT2D eigenvalue weighted by molar-refractivity contribution is 5.83. The van der Waals surface area contributed by atoms with Gasteiger partial charge in [-0.2, -0.15) is 0 Å². The molecule has 62 valence electrons. The van der Waals surface area contributed by atoms with Crippen molar-refractivity contribution in [3.8, 4) is 0 Å². The van der Waals surface area contributed by atoms with Crippen molar-refractivity contribution in [1.82, 2.24) is 5.32 Å². The molecular formula is C9H16N2. The van der Waals surface area contributed by atoms with Gasteiger partial charge < -0.3 is 5.32 Å². The molecule has 0 aromatic heterocycles. The van der Waals surface area contributed by atoms with Crippen LogP contribution >= 0.6 is 0 Å². The average molecular weight is 152 g/mol. The molecule has 3 atom stereocenters. The standard InChI is InChI=1S/C9H16N2/c1-6-3-7-4-9(10-2)11-5-8(6)7/h6-8H,3-5H2,1-2H3,(H,10,11). The molecule has 1 heterocycles. The largest absolute Gasteiger partial charge is 0.374 e. The van der Waals surface area contributed by atoms with Crippen molar-refractivity contribution < 1.29 is 0 Å². The van der Waals surface area contributed by atoms with Crippen molar-refractivity contribution in [3.63, 3.8) is 0 Å². The Hall–Kier alpha value is -0.530. The van der Waals surface area contributed by atoms with E-state index in [2.05, 4.69) is 17.2 Å². The van der Waals surface area contributed by atoms with Crippen molar-refractivity contribution in [1.29, 1.82) is 0 Å². The first-order chi connectivity index (χ1) is 5.31. The SMILES string of the molecule is CN=C1CC2CC(C)C2CN1. The van der Waals surface area contributed by atoms with E-state index < -0.39 is 0 Å². The summed E-state index contributed by atoms with van der Waals surface area (Å²) in [6, 6.07) is 0. The van der Waals surface area contributed by atoms with Gasteiger partial charge in [0.05, 0.1) is 5.84 Å². The molecule has 2 nitrogen and oxygen atoms in total. The molecule has 1 aliphatic carbocycles. The maximum absolute atomic E-state index is 4.20.